The molecule has 0 radical (unpaired) electrons. The molecule has 0 unspecified atom stereocenters. The van der Waals surface area contributed by atoms with E-state index in [1.165, 1.54) is 99.5 Å². The zero-order valence-corrected chi connectivity index (χ0v) is 29.7. The third kappa shape index (κ3) is 4.33. The maximum atomic E-state index is 2.45. The van der Waals surface area contributed by atoms with Gasteiger partial charge in [-0.15, -0.1) is 0 Å². The number of fused-ring (bicyclic) bond motifs is 9. The summed E-state index contributed by atoms with van der Waals surface area (Å²) in [7, 11) is 0. The van der Waals surface area contributed by atoms with Crippen LogP contribution in [-0.2, 0) is 5.41 Å². The second-order valence-corrected chi connectivity index (χ2v) is 15.0. The average Bonchev–Trinajstić information content (AvgIpc) is 3.80. The Morgan fingerprint density at radius 3 is 1.58 bits per heavy atom. The lowest BCUT2D eigenvalue weighted by Crippen LogP contribution is -2.14. The first-order valence-electron chi connectivity index (χ1n) is 18.5. The lowest BCUT2D eigenvalue weighted by Gasteiger charge is -2.21. The summed E-state index contributed by atoms with van der Waals surface area (Å²) in [6.45, 7) is 4.69. The first-order chi connectivity index (χ1) is 26.1. The van der Waals surface area contributed by atoms with Gasteiger partial charge in [0, 0.05) is 38.2 Å². The Kier molecular flexibility index (Phi) is 6.33. The van der Waals surface area contributed by atoms with Gasteiger partial charge in [-0.25, -0.2) is 0 Å². The van der Waals surface area contributed by atoms with E-state index in [0.29, 0.717) is 0 Å². The van der Waals surface area contributed by atoms with Gasteiger partial charge in [-0.2, -0.15) is 0 Å². The zero-order chi connectivity index (χ0) is 35.3. The standard InChI is InChI=1S/C51H36N2/c1-51(2)44-20-10-6-17-38(44)41-32-36(26-27-45(41)51)52-47-22-12-8-18-39(47)42-30-34(24-28-49(42)52)35-25-29-50-43(31-35)40-19-9-13-23-48(40)53(50)46-21-11-7-16-37(46)33-14-4-3-5-15-33/h3-32H,1-2H3. The molecule has 0 fully saturated rings. The topological polar surface area (TPSA) is 9.86 Å². The molecule has 1 aliphatic rings. The van der Waals surface area contributed by atoms with E-state index in [9.17, 15) is 0 Å². The monoisotopic (exact) mass is 676 g/mol. The van der Waals surface area contributed by atoms with E-state index in [1.807, 2.05) is 0 Å². The average molecular weight is 677 g/mol. The molecule has 2 nitrogen and oxygen atoms in total. The van der Waals surface area contributed by atoms with E-state index in [0.717, 1.165) is 0 Å². The number of rotatable bonds is 4. The Hall–Kier alpha value is -6.64. The van der Waals surface area contributed by atoms with Crippen LogP contribution in [0.15, 0.2) is 182 Å². The van der Waals surface area contributed by atoms with Crippen molar-refractivity contribution in [1.29, 1.82) is 0 Å². The Morgan fingerprint density at radius 2 is 0.868 bits per heavy atom. The molecule has 0 N–H and O–H groups in total. The number of hydrogen-bond acceptors (Lipinski definition) is 0. The molecule has 2 heterocycles. The Bertz CT molecular complexity index is 3080. The largest absolute Gasteiger partial charge is 0.309 e. The maximum absolute atomic E-state index is 2.45. The summed E-state index contributed by atoms with van der Waals surface area (Å²) in [6.07, 6.45) is 0. The van der Waals surface area contributed by atoms with Gasteiger partial charge in [0.1, 0.15) is 0 Å². The van der Waals surface area contributed by atoms with Crippen LogP contribution >= 0.6 is 0 Å². The molecule has 53 heavy (non-hydrogen) atoms. The summed E-state index contributed by atoms with van der Waals surface area (Å²) in [5.74, 6) is 0. The predicted octanol–water partition coefficient (Wildman–Crippen LogP) is 13.5. The molecule has 0 spiro atoms. The normalized spacial score (nSPS) is 13.2. The van der Waals surface area contributed by atoms with Crippen molar-refractivity contribution in [3.05, 3.63) is 193 Å². The summed E-state index contributed by atoms with van der Waals surface area (Å²) < 4.78 is 4.88. The van der Waals surface area contributed by atoms with E-state index >= 15 is 0 Å². The number of hydrogen-bond donors (Lipinski definition) is 0. The number of para-hydroxylation sites is 3. The van der Waals surface area contributed by atoms with E-state index in [-0.39, 0.29) is 5.41 Å². The second-order valence-electron chi connectivity index (χ2n) is 15.0. The van der Waals surface area contributed by atoms with Crippen LogP contribution < -0.4 is 0 Å². The molecule has 250 valence electrons. The van der Waals surface area contributed by atoms with Crippen LogP contribution in [0, 0.1) is 0 Å². The van der Waals surface area contributed by atoms with Gasteiger partial charge in [0.05, 0.1) is 27.8 Å². The SMILES string of the molecule is CC1(C)c2ccccc2-c2cc(-n3c4ccccc4c4cc(-c5ccc6c(c5)c5ccccc5n6-c5ccccc5-c5ccccc5)ccc43)ccc21. The summed E-state index contributed by atoms with van der Waals surface area (Å²) in [5.41, 5.74) is 17.6. The highest BCUT2D eigenvalue weighted by Crippen LogP contribution is 2.49. The van der Waals surface area contributed by atoms with Crippen LogP contribution in [0.25, 0.3) is 88.4 Å². The molecule has 2 aromatic heterocycles. The van der Waals surface area contributed by atoms with E-state index in [4.69, 9.17) is 0 Å². The smallest absolute Gasteiger partial charge is 0.0541 e. The van der Waals surface area contributed by atoms with Crippen molar-refractivity contribution in [3.8, 4) is 44.8 Å². The molecule has 1 aliphatic carbocycles. The zero-order valence-electron chi connectivity index (χ0n) is 29.7. The number of benzene rings is 8. The predicted molar refractivity (Wildman–Crippen MR) is 224 cm³/mol. The fourth-order valence-corrected chi connectivity index (χ4v) is 9.22. The van der Waals surface area contributed by atoms with Crippen LogP contribution in [0.3, 0.4) is 0 Å². The Balaban J connectivity index is 1.08. The molecular formula is C51H36N2. The van der Waals surface area contributed by atoms with Crippen LogP contribution in [0.2, 0.25) is 0 Å². The second kappa shape index (κ2) is 11.2. The summed E-state index contributed by atoms with van der Waals surface area (Å²) in [4.78, 5) is 0. The minimum atomic E-state index is -0.0150. The molecule has 0 saturated carbocycles. The van der Waals surface area contributed by atoms with Crippen molar-refractivity contribution >= 4 is 43.6 Å². The number of nitrogens with zero attached hydrogens (tertiary/aromatic N) is 2. The van der Waals surface area contributed by atoms with Gasteiger partial charge in [0.15, 0.2) is 0 Å². The summed E-state index contributed by atoms with van der Waals surface area (Å²) in [6, 6.07) is 67.1. The van der Waals surface area contributed by atoms with Crippen molar-refractivity contribution in [2.45, 2.75) is 19.3 Å². The Morgan fingerprint density at radius 1 is 0.340 bits per heavy atom. The highest BCUT2D eigenvalue weighted by molar-refractivity contribution is 6.13. The van der Waals surface area contributed by atoms with Gasteiger partial charge in [-0.1, -0.05) is 141 Å². The van der Waals surface area contributed by atoms with Gasteiger partial charge in [-0.3, -0.25) is 0 Å². The fourth-order valence-electron chi connectivity index (χ4n) is 9.22. The van der Waals surface area contributed by atoms with Crippen LogP contribution in [0.5, 0.6) is 0 Å². The molecule has 0 amide bonds. The molecule has 8 aromatic carbocycles. The van der Waals surface area contributed by atoms with Gasteiger partial charge in [-0.05, 0) is 93.5 Å². The van der Waals surface area contributed by atoms with Gasteiger partial charge in [0.25, 0.3) is 0 Å². The molecule has 0 bridgehead atoms. The van der Waals surface area contributed by atoms with E-state index in [1.54, 1.807) is 0 Å². The molecule has 0 aliphatic heterocycles. The summed E-state index contributed by atoms with van der Waals surface area (Å²) in [5, 5.41) is 5.04. The van der Waals surface area contributed by atoms with Gasteiger partial charge < -0.3 is 9.13 Å². The van der Waals surface area contributed by atoms with E-state index in [2.05, 4.69) is 205 Å². The molecular weight excluding hydrogens is 641 g/mol. The fraction of sp³-hybridized carbons (Fsp3) is 0.0588. The van der Waals surface area contributed by atoms with Gasteiger partial charge in [0.2, 0.25) is 0 Å². The minimum Gasteiger partial charge on any atom is -0.309 e. The van der Waals surface area contributed by atoms with Crippen molar-refractivity contribution in [3.63, 3.8) is 0 Å². The molecule has 0 saturated heterocycles. The minimum absolute atomic E-state index is 0.0150. The first kappa shape index (κ1) is 30.0. The van der Waals surface area contributed by atoms with Crippen molar-refractivity contribution < 1.29 is 0 Å². The highest BCUT2D eigenvalue weighted by Gasteiger charge is 2.35. The van der Waals surface area contributed by atoms with Crippen molar-refractivity contribution in [1.82, 2.24) is 9.13 Å². The maximum Gasteiger partial charge on any atom is 0.0541 e. The van der Waals surface area contributed by atoms with Crippen LogP contribution in [-0.4, -0.2) is 9.13 Å². The third-order valence-electron chi connectivity index (χ3n) is 11.7. The first-order valence-corrected chi connectivity index (χ1v) is 18.5. The lowest BCUT2D eigenvalue weighted by molar-refractivity contribution is 0.660. The highest BCUT2D eigenvalue weighted by atomic mass is 15.0. The molecule has 2 heteroatoms. The lowest BCUT2D eigenvalue weighted by atomic mass is 9.82. The number of aromatic nitrogens is 2. The van der Waals surface area contributed by atoms with Crippen LogP contribution in [0.4, 0.5) is 0 Å². The van der Waals surface area contributed by atoms with E-state index < -0.39 is 0 Å². The third-order valence-corrected chi connectivity index (χ3v) is 11.7. The van der Waals surface area contributed by atoms with Crippen molar-refractivity contribution in [2.24, 2.45) is 0 Å². The molecule has 10 aromatic rings. The molecule has 0 atom stereocenters. The van der Waals surface area contributed by atoms with Crippen molar-refractivity contribution in [2.75, 3.05) is 0 Å². The van der Waals surface area contributed by atoms with Gasteiger partial charge >= 0.3 is 0 Å². The quantitative estimate of drug-likeness (QED) is 0.176. The molecule has 11 rings (SSSR count). The van der Waals surface area contributed by atoms with Crippen LogP contribution in [0.1, 0.15) is 25.0 Å². The Labute approximate surface area is 308 Å². The summed E-state index contributed by atoms with van der Waals surface area (Å²) >= 11 is 0.